The molecule has 1 atom stereocenters. The van der Waals surface area contributed by atoms with Gasteiger partial charge in [0.2, 0.25) is 0 Å². The lowest BCUT2D eigenvalue weighted by Crippen LogP contribution is -2.34. The number of imide groups is 1. The Morgan fingerprint density at radius 1 is 0.966 bits per heavy atom. The average molecular weight is 385 g/mol. The maximum atomic E-state index is 13.0. The van der Waals surface area contributed by atoms with Crippen LogP contribution in [0.3, 0.4) is 0 Å². The minimum Gasteiger partial charge on any atom is -0.317 e. The normalized spacial score (nSPS) is 18.1. The molecule has 1 fully saturated rings. The van der Waals surface area contributed by atoms with Crippen molar-refractivity contribution in [2.75, 3.05) is 11.9 Å². The van der Waals surface area contributed by atoms with Crippen molar-refractivity contribution in [1.82, 2.24) is 10.2 Å². The lowest BCUT2D eigenvalue weighted by molar-refractivity contribution is 0.0879. The summed E-state index contributed by atoms with van der Waals surface area (Å²) in [5, 5.41) is 7.47. The molecule has 2 aliphatic heterocycles. The fraction of sp³-hybridized carbons (Fsp3) is 0.174. The number of likely N-dealkylation sites (tertiary alicyclic amines) is 1. The third-order valence-electron chi connectivity index (χ3n) is 5.68. The largest absolute Gasteiger partial charge is 0.322 e. The van der Waals surface area contributed by atoms with Crippen LogP contribution in [-0.2, 0) is 0 Å². The van der Waals surface area contributed by atoms with Gasteiger partial charge in [-0.2, -0.15) is 0 Å². The summed E-state index contributed by atoms with van der Waals surface area (Å²) in [4.78, 5) is 38.5. The van der Waals surface area contributed by atoms with Crippen LogP contribution < -0.4 is 10.6 Å². The van der Waals surface area contributed by atoms with E-state index in [1.165, 1.54) is 0 Å². The number of carbonyl (C=O) groups is 3. The minimum absolute atomic E-state index is 0.000374. The molecule has 1 unspecified atom stereocenters. The lowest BCUT2D eigenvalue weighted by Gasteiger charge is -2.26. The van der Waals surface area contributed by atoms with Gasteiger partial charge >= 0.3 is 6.03 Å². The van der Waals surface area contributed by atoms with Crippen LogP contribution in [0.15, 0.2) is 60.7 Å². The van der Waals surface area contributed by atoms with Gasteiger partial charge in [0, 0.05) is 12.2 Å². The van der Waals surface area contributed by atoms with Crippen LogP contribution in [0.1, 0.15) is 45.2 Å². The van der Waals surface area contributed by atoms with E-state index in [9.17, 15) is 14.4 Å². The van der Waals surface area contributed by atoms with E-state index in [1.807, 2.05) is 23.1 Å². The van der Waals surface area contributed by atoms with Crippen LogP contribution in [0.4, 0.5) is 10.5 Å². The number of benzene rings is 3. The standard InChI is InChI=1S/C23H19N3O3/c27-21-18-11-10-15(13-19(18)22(28)25-21)24-23(29)26-12-4-9-20(26)17-8-3-6-14-5-1-2-7-16(14)17/h1-3,5-8,10-11,13,20H,4,9,12H2,(H,24,29)(H,25,27,28). The molecule has 3 aromatic carbocycles. The Bertz CT molecular complexity index is 1170. The van der Waals surface area contributed by atoms with E-state index in [-0.39, 0.29) is 12.1 Å². The van der Waals surface area contributed by atoms with Crippen LogP contribution in [-0.4, -0.2) is 29.3 Å². The fourth-order valence-corrected chi connectivity index (χ4v) is 4.32. The van der Waals surface area contributed by atoms with E-state index in [2.05, 4.69) is 34.9 Å². The predicted molar refractivity (Wildman–Crippen MR) is 110 cm³/mol. The Morgan fingerprint density at radius 2 is 1.76 bits per heavy atom. The number of nitrogens with one attached hydrogen (secondary N) is 2. The number of rotatable bonds is 2. The third-order valence-corrected chi connectivity index (χ3v) is 5.68. The molecule has 4 amide bonds. The first kappa shape index (κ1) is 17.4. The van der Waals surface area contributed by atoms with Gasteiger partial charge in [0.25, 0.3) is 11.8 Å². The number of hydrogen-bond donors (Lipinski definition) is 2. The maximum Gasteiger partial charge on any atom is 0.322 e. The van der Waals surface area contributed by atoms with Crippen molar-refractivity contribution < 1.29 is 14.4 Å². The van der Waals surface area contributed by atoms with Gasteiger partial charge in [0.1, 0.15) is 0 Å². The zero-order chi connectivity index (χ0) is 20.0. The summed E-state index contributed by atoms with van der Waals surface area (Å²) in [6, 6.07) is 19.0. The van der Waals surface area contributed by atoms with Gasteiger partial charge in [-0.25, -0.2) is 4.79 Å². The van der Waals surface area contributed by atoms with Crippen molar-refractivity contribution in [2.45, 2.75) is 18.9 Å². The van der Waals surface area contributed by atoms with Crippen LogP contribution in [0, 0.1) is 0 Å². The number of fused-ring (bicyclic) bond motifs is 2. The zero-order valence-electron chi connectivity index (χ0n) is 15.6. The van der Waals surface area contributed by atoms with Crippen molar-refractivity contribution in [3.05, 3.63) is 77.4 Å². The first-order chi connectivity index (χ1) is 14.1. The van der Waals surface area contributed by atoms with E-state index in [1.54, 1.807) is 18.2 Å². The molecule has 0 radical (unpaired) electrons. The van der Waals surface area contributed by atoms with Crippen LogP contribution in [0.5, 0.6) is 0 Å². The van der Waals surface area contributed by atoms with E-state index in [0.29, 0.717) is 23.4 Å². The Labute approximate surface area is 167 Å². The number of carbonyl (C=O) groups excluding carboxylic acids is 3. The second-order valence-corrected chi connectivity index (χ2v) is 7.39. The van der Waals surface area contributed by atoms with E-state index >= 15 is 0 Å². The van der Waals surface area contributed by atoms with E-state index in [0.717, 1.165) is 29.2 Å². The van der Waals surface area contributed by atoms with Crippen molar-refractivity contribution in [3.8, 4) is 0 Å². The number of amides is 4. The average Bonchev–Trinajstić information content (AvgIpc) is 3.32. The molecule has 29 heavy (non-hydrogen) atoms. The number of anilines is 1. The molecule has 5 rings (SSSR count). The smallest absolute Gasteiger partial charge is 0.317 e. The zero-order valence-corrected chi connectivity index (χ0v) is 15.6. The number of hydrogen-bond acceptors (Lipinski definition) is 3. The SMILES string of the molecule is O=C1NC(=O)c2cc(NC(=O)N3CCCC3c3cccc4ccccc34)ccc21. The maximum absolute atomic E-state index is 13.0. The monoisotopic (exact) mass is 385 g/mol. The summed E-state index contributed by atoms with van der Waals surface area (Å²) in [5.41, 5.74) is 2.28. The second-order valence-electron chi connectivity index (χ2n) is 7.39. The van der Waals surface area contributed by atoms with Gasteiger partial charge in [0.15, 0.2) is 0 Å². The Balaban J connectivity index is 1.42. The molecule has 0 aliphatic carbocycles. The predicted octanol–water partition coefficient (Wildman–Crippen LogP) is 4.09. The fourth-order valence-electron chi connectivity index (χ4n) is 4.32. The first-order valence-electron chi connectivity index (χ1n) is 9.67. The van der Waals surface area contributed by atoms with Crippen LogP contribution in [0.2, 0.25) is 0 Å². The molecule has 3 aromatic rings. The topological polar surface area (TPSA) is 78.5 Å². The van der Waals surface area contributed by atoms with Crippen molar-refractivity contribution in [2.24, 2.45) is 0 Å². The highest BCUT2D eigenvalue weighted by Gasteiger charge is 2.32. The molecule has 0 aromatic heterocycles. The van der Waals surface area contributed by atoms with Gasteiger partial charge in [-0.1, -0.05) is 42.5 Å². The highest BCUT2D eigenvalue weighted by Crippen LogP contribution is 2.36. The molecule has 6 heteroatoms. The molecule has 2 aliphatic rings. The minimum atomic E-state index is -0.434. The van der Waals surface area contributed by atoms with E-state index < -0.39 is 11.8 Å². The lowest BCUT2D eigenvalue weighted by atomic mass is 9.97. The molecule has 0 spiro atoms. The molecule has 1 saturated heterocycles. The van der Waals surface area contributed by atoms with Gasteiger partial charge < -0.3 is 10.2 Å². The van der Waals surface area contributed by atoms with Crippen LogP contribution in [0.25, 0.3) is 10.8 Å². The van der Waals surface area contributed by atoms with Gasteiger partial charge in [0.05, 0.1) is 17.2 Å². The second kappa shape index (κ2) is 6.74. The summed E-state index contributed by atoms with van der Waals surface area (Å²) >= 11 is 0. The molecule has 0 bridgehead atoms. The number of nitrogens with zero attached hydrogens (tertiary/aromatic N) is 1. The summed E-state index contributed by atoms with van der Waals surface area (Å²) in [5.74, 6) is -0.839. The molecule has 0 saturated carbocycles. The molecular weight excluding hydrogens is 366 g/mol. The van der Waals surface area contributed by atoms with Gasteiger partial charge in [-0.3, -0.25) is 14.9 Å². The van der Waals surface area contributed by atoms with Gasteiger partial charge in [-0.15, -0.1) is 0 Å². The van der Waals surface area contributed by atoms with Crippen molar-refractivity contribution in [1.29, 1.82) is 0 Å². The first-order valence-corrected chi connectivity index (χ1v) is 9.67. The summed E-state index contributed by atoms with van der Waals surface area (Å²) in [6.07, 6.45) is 1.84. The summed E-state index contributed by atoms with van der Waals surface area (Å²) < 4.78 is 0. The Hall–Kier alpha value is -3.67. The summed E-state index contributed by atoms with van der Waals surface area (Å²) in [7, 11) is 0. The molecular formula is C23H19N3O3. The summed E-state index contributed by atoms with van der Waals surface area (Å²) in [6.45, 7) is 0.670. The molecule has 2 heterocycles. The molecule has 144 valence electrons. The van der Waals surface area contributed by atoms with Crippen molar-refractivity contribution >= 4 is 34.3 Å². The molecule has 6 nitrogen and oxygen atoms in total. The Morgan fingerprint density at radius 3 is 2.66 bits per heavy atom. The third kappa shape index (κ3) is 2.93. The van der Waals surface area contributed by atoms with Crippen molar-refractivity contribution in [3.63, 3.8) is 0 Å². The van der Waals surface area contributed by atoms with E-state index in [4.69, 9.17) is 0 Å². The highest BCUT2D eigenvalue weighted by atomic mass is 16.2. The number of urea groups is 1. The van der Waals surface area contributed by atoms with Gasteiger partial charge in [-0.05, 0) is 47.4 Å². The Kier molecular flexibility index (Phi) is 4.05. The quantitative estimate of drug-likeness (QED) is 0.652. The highest BCUT2D eigenvalue weighted by molar-refractivity contribution is 6.22. The van der Waals surface area contributed by atoms with Crippen LogP contribution >= 0.6 is 0 Å². The molecule has 2 N–H and O–H groups in total.